The molecule has 0 bridgehead atoms. The molecule has 0 amide bonds. The average molecular weight is 487 g/mol. The molecule has 162 valence electrons. The molecule has 4 rings (SSSR count). The minimum absolute atomic E-state index is 0.00162. The Bertz CT molecular complexity index is 1250. The van der Waals surface area contributed by atoms with Crippen molar-refractivity contribution in [3.05, 3.63) is 74.9 Å². The summed E-state index contributed by atoms with van der Waals surface area (Å²) < 4.78 is 10.4. The van der Waals surface area contributed by atoms with Crippen LogP contribution >= 0.6 is 35.0 Å². The molecule has 0 spiro atoms. The number of thioether (sulfide) groups is 1. The van der Waals surface area contributed by atoms with Crippen LogP contribution in [0.3, 0.4) is 0 Å². The molecule has 1 aromatic heterocycles. The number of ketones is 1. The summed E-state index contributed by atoms with van der Waals surface area (Å²) in [6.07, 6.45) is 0. The summed E-state index contributed by atoms with van der Waals surface area (Å²) in [5.74, 6) is -0.440. The number of Topliss-reactive ketones (excluding diaryl/α,β-unsaturated/α-hetero) is 1. The van der Waals surface area contributed by atoms with Gasteiger partial charge in [0.2, 0.25) is 11.5 Å². The fourth-order valence-electron chi connectivity index (χ4n) is 3.17. The number of hydrogen-bond donors (Lipinski definition) is 2. The Morgan fingerprint density at radius 2 is 2.00 bits per heavy atom. The van der Waals surface area contributed by atoms with Crippen molar-refractivity contribution in [2.75, 3.05) is 12.4 Å². The Kier molecular flexibility index (Phi) is 6.33. The third-order valence-corrected chi connectivity index (χ3v) is 6.68. The van der Waals surface area contributed by atoms with Gasteiger partial charge in [0.1, 0.15) is 17.4 Å². The molecule has 0 radical (unpaired) electrons. The number of carbonyl (C=O) groups is 1. The molecular weight excluding hydrogens is 471 g/mol. The summed E-state index contributed by atoms with van der Waals surface area (Å²) in [6.45, 7) is 0. The highest BCUT2D eigenvalue weighted by molar-refractivity contribution is 8.05. The van der Waals surface area contributed by atoms with Gasteiger partial charge in [-0.15, -0.1) is 0 Å². The number of hydrogen-bond acceptors (Lipinski definition) is 8. The molecule has 2 heterocycles. The number of aromatic nitrogens is 1. The molecule has 3 N–H and O–H groups in total. The van der Waals surface area contributed by atoms with E-state index in [1.165, 1.54) is 17.8 Å². The van der Waals surface area contributed by atoms with Gasteiger partial charge in [-0.05, 0) is 42.5 Å². The van der Waals surface area contributed by atoms with Crippen LogP contribution in [0.15, 0.2) is 63.7 Å². The monoisotopic (exact) mass is 486 g/mol. The fraction of sp³-hybridized carbons (Fsp3) is 0.136. The minimum Gasteiger partial charge on any atom is -0.497 e. The van der Waals surface area contributed by atoms with Crippen LogP contribution in [-0.2, 0) is 0 Å². The zero-order chi connectivity index (χ0) is 22.8. The zero-order valence-corrected chi connectivity index (χ0v) is 19.0. The third-order valence-electron chi connectivity index (χ3n) is 4.83. The molecule has 0 saturated carbocycles. The standard InChI is InChI=1S/C22H16Cl2N4O3S/c1-30-13-5-3-12(4-6-13)27-22-15(10-25)19(26)21(32-22)20(29)18-9-17(28-31-18)14-7-2-11(23)8-16(14)24/h2-9,15,22,27H,26H2,1H3. The lowest BCUT2D eigenvalue weighted by atomic mass is 10.1. The van der Waals surface area contributed by atoms with Gasteiger partial charge in [0.25, 0.3) is 0 Å². The predicted molar refractivity (Wildman–Crippen MR) is 125 cm³/mol. The number of halogens is 2. The highest BCUT2D eigenvalue weighted by atomic mass is 35.5. The Hall–Kier alpha value is -3.12. The van der Waals surface area contributed by atoms with E-state index in [0.29, 0.717) is 27.1 Å². The van der Waals surface area contributed by atoms with Crippen LogP contribution in [0.4, 0.5) is 5.69 Å². The van der Waals surface area contributed by atoms with E-state index in [1.54, 1.807) is 37.4 Å². The number of benzene rings is 2. The molecule has 0 saturated heterocycles. The van der Waals surface area contributed by atoms with Gasteiger partial charge in [-0.1, -0.05) is 40.1 Å². The third kappa shape index (κ3) is 4.28. The van der Waals surface area contributed by atoms with E-state index in [4.69, 9.17) is 38.2 Å². The van der Waals surface area contributed by atoms with Crippen molar-refractivity contribution in [1.29, 1.82) is 5.26 Å². The van der Waals surface area contributed by atoms with Crippen LogP contribution in [0.25, 0.3) is 11.3 Å². The number of carbonyl (C=O) groups excluding carboxylic acids is 1. The van der Waals surface area contributed by atoms with Gasteiger partial charge in [0.15, 0.2) is 0 Å². The Balaban J connectivity index is 1.55. The zero-order valence-electron chi connectivity index (χ0n) is 16.6. The van der Waals surface area contributed by atoms with Crippen molar-refractivity contribution < 1.29 is 14.1 Å². The second-order valence-corrected chi connectivity index (χ2v) is 8.83. The number of allylic oxidation sites excluding steroid dienone is 1. The van der Waals surface area contributed by atoms with Gasteiger partial charge in [-0.3, -0.25) is 4.79 Å². The van der Waals surface area contributed by atoms with Gasteiger partial charge in [0.05, 0.1) is 28.5 Å². The molecule has 2 atom stereocenters. The Labute approximate surface area is 198 Å². The van der Waals surface area contributed by atoms with Gasteiger partial charge >= 0.3 is 0 Å². The first-order chi connectivity index (χ1) is 15.4. The van der Waals surface area contributed by atoms with Crippen molar-refractivity contribution in [3.63, 3.8) is 0 Å². The Morgan fingerprint density at radius 3 is 2.66 bits per heavy atom. The SMILES string of the molecule is COc1ccc(NC2SC(C(=O)c3cc(-c4ccc(Cl)cc4Cl)no3)=C(N)C2C#N)cc1. The van der Waals surface area contributed by atoms with Crippen LogP contribution < -0.4 is 15.8 Å². The van der Waals surface area contributed by atoms with Crippen molar-refractivity contribution in [1.82, 2.24) is 5.16 Å². The largest absolute Gasteiger partial charge is 0.497 e. The maximum atomic E-state index is 13.1. The normalized spacial score (nSPS) is 17.8. The average Bonchev–Trinajstić information content (AvgIpc) is 3.38. The first-order valence-corrected chi connectivity index (χ1v) is 11.0. The number of ether oxygens (including phenoxy) is 1. The highest BCUT2D eigenvalue weighted by Gasteiger charge is 2.39. The quantitative estimate of drug-likeness (QED) is 0.448. The highest BCUT2D eigenvalue weighted by Crippen LogP contribution is 2.42. The van der Waals surface area contributed by atoms with Crippen LogP contribution in [0, 0.1) is 17.2 Å². The van der Waals surface area contributed by atoms with E-state index in [1.807, 2.05) is 12.1 Å². The molecule has 2 aromatic carbocycles. The molecule has 0 fully saturated rings. The van der Waals surface area contributed by atoms with Crippen molar-refractivity contribution in [2.45, 2.75) is 5.37 Å². The smallest absolute Gasteiger partial charge is 0.239 e. The minimum atomic E-state index is -0.700. The molecular formula is C22H16Cl2N4O3S. The van der Waals surface area contributed by atoms with Gasteiger partial charge in [0, 0.05) is 28.0 Å². The number of nitrogens with one attached hydrogen (secondary N) is 1. The summed E-state index contributed by atoms with van der Waals surface area (Å²) in [5.41, 5.74) is 8.10. The molecule has 7 nitrogen and oxygen atoms in total. The summed E-state index contributed by atoms with van der Waals surface area (Å²) in [7, 11) is 1.58. The second kappa shape index (κ2) is 9.17. The lowest BCUT2D eigenvalue weighted by Crippen LogP contribution is -2.24. The van der Waals surface area contributed by atoms with Gasteiger partial charge in [-0.25, -0.2) is 0 Å². The van der Waals surface area contributed by atoms with Crippen molar-refractivity contribution in [2.24, 2.45) is 11.7 Å². The van der Waals surface area contributed by atoms with Crippen LogP contribution in [-0.4, -0.2) is 23.4 Å². The van der Waals surface area contributed by atoms with E-state index in [0.717, 1.165) is 5.69 Å². The summed E-state index contributed by atoms with van der Waals surface area (Å²) in [6, 6.07) is 15.8. The molecule has 0 aliphatic carbocycles. The van der Waals surface area contributed by atoms with E-state index < -0.39 is 17.1 Å². The summed E-state index contributed by atoms with van der Waals surface area (Å²) >= 11 is 13.3. The topological polar surface area (TPSA) is 114 Å². The second-order valence-electron chi connectivity index (χ2n) is 6.83. The van der Waals surface area contributed by atoms with Crippen LogP contribution in [0.5, 0.6) is 5.75 Å². The molecule has 1 aliphatic rings. The van der Waals surface area contributed by atoms with Crippen molar-refractivity contribution >= 4 is 46.4 Å². The lowest BCUT2D eigenvalue weighted by Gasteiger charge is -2.17. The van der Waals surface area contributed by atoms with Crippen LogP contribution in [0.2, 0.25) is 10.0 Å². The van der Waals surface area contributed by atoms with Gasteiger partial charge < -0.3 is 20.3 Å². The molecule has 1 aliphatic heterocycles. The number of nitriles is 1. The maximum Gasteiger partial charge on any atom is 0.239 e. The summed E-state index contributed by atoms with van der Waals surface area (Å²) in [4.78, 5) is 13.3. The van der Waals surface area contributed by atoms with E-state index in [-0.39, 0.29) is 16.4 Å². The molecule has 2 unspecified atom stereocenters. The van der Waals surface area contributed by atoms with E-state index >= 15 is 0 Å². The predicted octanol–water partition coefficient (Wildman–Crippen LogP) is 5.33. The van der Waals surface area contributed by atoms with E-state index in [2.05, 4.69) is 16.5 Å². The Morgan fingerprint density at radius 1 is 1.25 bits per heavy atom. The van der Waals surface area contributed by atoms with Crippen LogP contribution in [0.1, 0.15) is 10.6 Å². The number of nitrogens with zero attached hydrogens (tertiary/aromatic N) is 2. The molecule has 3 aromatic rings. The first-order valence-electron chi connectivity index (χ1n) is 9.34. The number of methoxy groups -OCH3 is 1. The van der Waals surface area contributed by atoms with E-state index in [9.17, 15) is 10.1 Å². The van der Waals surface area contributed by atoms with Crippen molar-refractivity contribution in [3.8, 4) is 23.1 Å². The number of rotatable bonds is 6. The maximum absolute atomic E-state index is 13.1. The van der Waals surface area contributed by atoms with Gasteiger partial charge in [-0.2, -0.15) is 5.26 Å². The number of nitrogens with two attached hydrogens (primary N) is 1. The fourth-order valence-corrected chi connectivity index (χ4v) is 4.94. The first kappa shape index (κ1) is 22.1. The lowest BCUT2D eigenvalue weighted by molar-refractivity contribution is 0.100. The summed E-state index contributed by atoms with van der Waals surface area (Å²) in [5, 5.41) is 17.2. The molecule has 10 heteroatoms. The number of anilines is 1. The molecule has 32 heavy (non-hydrogen) atoms.